The van der Waals surface area contributed by atoms with Crippen LogP contribution in [0.1, 0.15) is 5.69 Å². The number of benzene rings is 1. The Balaban J connectivity index is 1.16. The van der Waals surface area contributed by atoms with Crippen LogP contribution in [0.5, 0.6) is 5.75 Å². The first kappa shape index (κ1) is 22.6. The molecular formula is C24H19F5N6O. The average molecular weight is 502 g/mol. The third kappa shape index (κ3) is 3.99. The van der Waals surface area contributed by atoms with Gasteiger partial charge in [-0.15, -0.1) is 0 Å². The van der Waals surface area contributed by atoms with Gasteiger partial charge < -0.3 is 14.2 Å². The van der Waals surface area contributed by atoms with Crippen LogP contribution in [0.3, 0.4) is 0 Å². The molecule has 0 spiro atoms. The molecule has 0 N–H and O–H groups in total. The lowest BCUT2D eigenvalue weighted by Gasteiger charge is -2.20. The molecule has 2 aliphatic rings. The number of halogens is 5. The van der Waals surface area contributed by atoms with E-state index in [0.29, 0.717) is 41.5 Å². The Bertz CT molecular complexity index is 1440. The molecule has 1 aliphatic heterocycles. The number of pyridine rings is 1. The van der Waals surface area contributed by atoms with Crippen LogP contribution in [0, 0.1) is 29.4 Å². The second-order valence-corrected chi connectivity index (χ2v) is 9.09. The molecule has 6 rings (SSSR count). The molecule has 0 radical (unpaired) electrons. The standard InChI is InChI=1S/C24H19F5N6O/c1-34-22(18-3-2-4-19(31-18)24(27,28)29)33-21-23(34)32-20(8-30-21)35-9-15-16(10-35)17(15)11-36-14-6-12(25)5-13(26)7-14/h2-8,15-17H,9-11H2,1H3/t15-,16+,17?. The number of nitrogens with zero attached hydrogens (tertiary/aromatic N) is 6. The van der Waals surface area contributed by atoms with Crippen molar-refractivity contribution >= 4 is 17.1 Å². The molecule has 1 saturated heterocycles. The zero-order valence-corrected chi connectivity index (χ0v) is 18.9. The van der Waals surface area contributed by atoms with Crippen molar-refractivity contribution in [1.29, 1.82) is 0 Å². The Morgan fingerprint density at radius 3 is 2.42 bits per heavy atom. The second-order valence-electron chi connectivity index (χ2n) is 9.09. The average Bonchev–Trinajstić information content (AvgIpc) is 3.13. The highest BCUT2D eigenvalue weighted by atomic mass is 19.4. The van der Waals surface area contributed by atoms with Crippen molar-refractivity contribution in [2.45, 2.75) is 6.18 Å². The Morgan fingerprint density at radius 2 is 1.72 bits per heavy atom. The number of piperidine rings is 1. The van der Waals surface area contributed by atoms with Gasteiger partial charge in [0.05, 0.1) is 12.8 Å². The number of aromatic nitrogens is 5. The Morgan fingerprint density at radius 1 is 1.00 bits per heavy atom. The molecule has 0 bridgehead atoms. The summed E-state index contributed by atoms with van der Waals surface area (Å²) in [6.45, 7) is 1.85. The molecule has 186 valence electrons. The van der Waals surface area contributed by atoms with E-state index in [9.17, 15) is 22.0 Å². The van der Waals surface area contributed by atoms with Gasteiger partial charge >= 0.3 is 6.18 Å². The minimum absolute atomic E-state index is 0.0807. The lowest BCUT2D eigenvalue weighted by molar-refractivity contribution is -0.141. The number of hydrogen-bond donors (Lipinski definition) is 0. The summed E-state index contributed by atoms with van der Waals surface area (Å²) in [6, 6.07) is 6.79. The fraction of sp³-hybridized carbons (Fsp3) is 0.333. The Hall–Kier alpha value is -3.83. The first-order valence-corrected chi connectivity index (χ1v) is 11.3. The van der Waals surface area contributed by atoms with Crippen LogP contribution >= 0.6 is 0 Å². The second kappa shape index (κ2) is 8.10. The van der Waals surface area contributed by atoms with E-state index in [4.69, 9.17) is 4.74 Å². The van der Waals surface area contributed by atoms with Crippen molar-refractivity contribution in [2.75, 3.05) is 24.6 Å². The van der Waals surface area contributed by atoms with Crippen LogP contribution in [-0.4, -0.2) is 44.2 Å². The van der Waals surface area contributed by atoms with Crippen LogP contribution in [0.4, 0.5) is 27.8 Å². The van der Waals surface area contributed by atoms with Crippen molar-refractivity contribution in [3.63, 3.8) is 0 Å². The third-order valence-electron chi connectivity index (χ3n) is 6.81. The molecule has 7 nitrogen and oxygen atoms in total. The van der Waals surface area contributed by atoms with Gasteiger partial charge in [0.2, 0.25) is 0 Å². The summed E-state index contributed by atoms with van der Waals surface area (Å²) in [4.78, 5) is 19.2. The minimum atomic E-state index is -4.56. The van der Waals surface area contributed by atoms with E-state index in [-0.39, 0.29) is 17.3 Å². The molecule has 3 atom stereocenters. The lowest BCUT2D eigenvalue weighted by Crippen LogP contribution is -2.26. The molecule has 1 aromatic carbocycles. The van der Waals surface area contributed by atoms with E-state index in [1.165, 1.54) is 12.1 Å². The zero-order valence-electron chi connectivity index (χ0n) is 18.9. The van der Waals surface area contributed by atoms with Gasteiger partial charge in [-0.25, -0.2) is 28.7 Å². The summed E-state index contributed by atoms with van der Waals surface area (Å²) in [5.74, 6) is 0.741. The summed E-state index contributed by atoms with van der Waals surface area (Å²) >= 11 is 0. The molecule has 12 heteroatoms. The summed E-state index contributed by atoms with van der Waals surface area (Å²) in [5.41, 5.74) is -0.160. The highest BCUT2D eigenvalue weighted by Gasteiger charge is 2.56. The SMILES string of the molecule is Cn1c(-c2cccc(C(F)(F)F)n2)nc2ncc(N3C[C@@H]4C(COc5cc(F)cc(F)c5)[C@@H]4C3)nc21. The molecule has 4 heterocycles. The summed E-state index contributed by atoms with van der Waals surface area (Å²) in [7, 11) is 1.66. The normalized spacial score (nSPS) is 21.2. The molecule has 1 unspecified atom stereocenters. The van der Waals surface area contributed by atoms with E-state index < -0.39 is 23.5 Å². The number of fused-ring (bicyclic) bond motifs is 2. The fourth-order valence-corrected chi connectivity index (χ4v) is 4.93. The van der Waals surface area contributed by atoms with Gasteiger partial charge in [0.25, 0.3) is 0 Å². The van der Waals surface area contributed by atoms with E-state index in [1.807, 2.05) is 0 Å². The van der Waals surface area contributed by atoms with Crippen molar-refractivity contribution in [1.82, 2.24) is 24.5 Å². The van der Waals surface area contributed by atoms with Gasteiger partial charge in [0, 0.05) is 44.3 Å². The quantitative estimate of drug-likeness (QED) is 0.375. The summed E-state index contributed by atoms with van der Waals surface area (Å²) in [5, 5.41) is 0. The fourth-order valence-electron chi connectivity index (χ4n) is 4.93. The number of rotatable bonds is 5. The predicted molar refractivity (Wildman–Crippen MR) is 119 cm³/mol. The highest BCUT2D eigenvalue weighted by molar-refractivity contribution is 5.74. The number of ether oxygens (including phenoxy) is 1. The maximum atomic E-state index is 13.3. The lowest BCUT2D eigenvalue weighted by atomic mass is 10.2. The summed E-state index contributed by atoms with van der Waals surface area (Å²) < 4.78 is 73.1. The zero-order chi connectivity index (χ0) is 25.2. The molecule has 0 amide bonds. The number of anilines is 1. The van der Waals surface area contributed by atoms with Crippen LogP contribution in [-0.2, 0) is 13.2 Å². The number of alkyl halides is 3. The van der Waals surface area contributed by atoms with Gasteiger partial charge in [-0.05, 0) is 24.0 Å². The maximum absolute atomic E-state index is 13.3. The largest absolute Gasteiger partial charge is 0.493 e. The molecule has 1 aliphatic carbocycles. The van der Waals surface area contributed by atoms with Crippen molar-refractivity contribution in [2.24, 2.45) is 24.8 Å². The first-order valence-electron chi connectivity index (χ1n) is 11.3. The van der Waals surface area contributed by atoms with Crippen molar-refractivity contribution in [3.8, 4) is 17.3 Å². The Kier molecular flexibility index (Phi) is 5.09. The van der Waals surface area contributed by atoms with Crippen LogP contribution in [0.2, 0.25) is 0 Å². The molecular weight excluding hydrogens is 483 g/mol. The molecule has 3 aromatic heterocycles. The molecule has 2 fully saturated rings. The maximum Gasteiger partial charge on any atom is 0.433 e. The minimum Gasteiger partial charge on any atom is -0.493 e. The first-order chi connectivity index (χ1) is 17.2. The molecule has 4 aromatic rings. The number of aryl methyl sites for hydroxylation is 1. The van der Waals surface area contributed by atoms with Crippen LogP contribution in [0.15, 0.2) is 42.6 Å². The topological polar surface area (TPSA) is 69.0 Å². The Labute approximate surface area is 201 Å². The smallest absolute Gasteiger partial charge is 0.433 e. The van der Waals surface area contributed by atoms with Gasteiger partial charge in [-0.3, -0.25) is 0 Å². The number of imidazole rings is 1. The number of hydrogen-bond acceptors (Lipinski definition) is 6. The van der Waals surface area contributed by atoms with Gasteiger partial charge in [-0.2, -0.15) is 13.2 Å². The molecule has 1 saturated carbocycles. The van der Waals surface area contributed by atoms with Crippen LogP contribution < -0.4 is 9.64 Å². The molecule has 36 heavy (non-hydrogen) atoms. The van der Waals surface area contributed by atoms with Gasteiger partial charge in [0.15, 0.2) is 17.1 Å². The monoisotopic (exact) mass is 502 g/mol. The van der Waals surface area contributed by atoms with Crippen LogP contribution in [0.25, 0.3) is 22.8 Å². The summed E-state index contributed by atoms with van der Waals surface area (Å²) in [6.07, 6.45) is -2.96. The van der Waals surface area contributed by atoms with E-state index in [0.717, 1.165) is 37.4 Å². The van der Waals surface area contributed by atoms with E-state index in [1.54, 1.807) is 17.8 Å². The highest BCUT2D eigenvalue weighted by Crippen LogP contribution is 2.52. The van der Waals surface area contributed by atoms with Gasteiger partial charge in [-0.1, -0.05) is 6.07 Å². The van der Waals surface area contributed by atoms with E-state index >= 15 is 0 Å². The van der Waals surface area contributed by atoms with E-state index in [2.05, 4.69) is 24.8 Å². The third-order valence-corrected chi connectivity index (χ3v) is 6.81. The van der Waals surface area contributed by atoms with Gasteiger partial charge in [0.1, 0.15) is 34.6 Å². The van der Waals surface area contributed by atoms with Crippen molar-refractivity contribution < 1.29 is 26.7 Å². The van der Waals surface area contributed by atoms with Crippen molar-refractivity contribution in [3.05, 3.63) is 59.9 Å². The predicted octanol–water partition coefficient (Wildman–Crippen LogP) is 4.48.